The summed E-state index contributed by atoms with van der Waals surface area (Å²) in [5, 5.41) is 4.11. The number of carbonyl (C=O) groups excluding carboxylic acids is 2. The van der Waals surface area contributed by atoms with Crippen LogP contribution in [0, 0.1) is 6.92 Å². The maximum Gasteiger partial charge on any atom is 0.358 e. The monoisotopic (exact) mass is 255 g/mol. The van der Waals surface area contributed by atoms with Crippen LogP contribution in [-0.4, -0.2) is 35.4 Å². The third-order valence-corrected chi connectivity index (χ3v) is 2.43. The number of ether oxygens (including phenoxy) is 2. The van der Waals surface area contributed by atoms with Gasteiger partial charge in [-0.25, -0.2) is 4.79 Å². The number of esters is 2. The molecular weight excluding hydrogens is 238 g/mol. The molecule has 7 heteroatoms. The van der Waals surface area contributed by atoms with E-state index in [4.69, 9.17) is 10.5 Å². The van der Waals surface area contributed by atoms with Crippen molar-refractivity contribution in [1.82, 2.24) is 9.78 Å². The molecule has 0 unspecified atom stereocenters. The molecule has 0 fully saturated rings. The lowest BCUT2D eigenvalue weighted by Gasteiger charge is -2.06. The molecule has 1 aromatic rings. The van der Waals surface area contributed by atoms with E-state index >= 15 is 0 Å². The van der Waals surface area contributed by atoms with Crippen LogP contribution in [-0.2, 0) is 20.8 Å². The second-order valence-corrected chi connectivity index (χ2v) is 3.63. The third-order valence-electron chi connectivity index (χ3n) is 2.43. The van der Waals surface area contributed by atoms with Gasteiger partial charge in [0.25, 0.3) is 0 Å². The first-order valence-electron chi connectivity index (χ1n) is 5.58. The lowest BCUT2D eigenvalue weighted by atomic mass is 10.3. The third kappa shape index (κ3) is 2.99. The predicted octanol–water partition coefficient (Wildman–Crippen LogP) is 0.514. The van der Waals surface area contributed by atoms with Crippen LogP contribution in [0.3, 0.4) is 0 Å². The van der Waals surface area contributed by atoms with E-state index < -0.39 is 11.9 Å². The van der Waals surface area contributed by atoms with Crippen molar-refractivity contribution < 1.29 is 19.1 Å². The fourth-order valence-electron chi connectivity index (χ4n) is 1.44. The van der Waals surface area contributed by atoms with Gasteiger partial charge in [0, 0.05) is 6.54 Å². The molecule has 0 atom stereocenters. The highest BCUT2D eigenvalue weighted by atomic mass is 16.5. The molecule has 7 nitrogen and oxygen atoms in total. The molecule has 1 heterocycles. The van der Waals surface area contributed by atoms with Gasteiger partial charge in [0.15, 0.2) is 5.69 Å². The first-order chi connectivity index (χ1) is 8.51. The number of anilines is 1. The Morgan fingerprint density at radius 2 is 2.11 bits per heavy atom. The number of methoxy groups -OCH3 is 1. The Morgan fingerprint density at radius 3 is 2.67 bits per heavy atom. The number of hydrogen-bond acceptors (Lipinski definition) is 6. The van der Waals surface area contributed by atoms with E-state index in [1.54, 1.807) is 6.92 Å². The normalized spacial score (nSPS) is 10.2. The molecule has 0 aliphatic heterocycles. The number of nitrogens with zero attached hydrogens (tertiary/aromatic N) is 2. The van der Waals surface area contributed by atoms with Crippen molar-refractivity contribution >= 4 is 17.6 Å². The molecule has 0 aliphatic rings. The van der Waals surface area contributed by atoms with Crippen LogP contribution < -0.4 is 5.73 Å². The molecule has 1 rings (SSSR count). The van der Waals surface area contributed by atoms with Crippen LogP contribution in [0.1, 0.15) is 29.5 Å². The van der Waals surface area contributed by atoms with Crippen molar-refractivity contribution in [2.45, 2.75) is 26.8 Å². The average molecular weight is 255 g/mol. The van der Waals surface area contributed by atoms with Crippen molar-refractivity contribution in [1.29, 1.82) is 0 Å². The molecule has 0 saturated heterocycles. The number of hydrogen-bond donors (Lipinski definition) is 1. The summed E-state index contributed by atoms with van der Waals surface area (Å²) in [6.45, 7) is 4.03. The summed E-state index contributed by atoms with van der Waals surface area (Å²) < 4.78 is 10.9. The van der Waals surface area contributed by atoms with E-state index in [9.17, 15) is 9.59 Å². The lowest BCUT2D eigenvalue weighted by molar-refractivity contribution is -0.141. The van der Waals surface area contributed by atoms with Crippen molar-refractivity contribution in [2.24, 2.45) is 0 Å². The topological polar surface area (TPSA) is 96.4 Å². The largest absolute Gasteiger partial charge is 0.469 e. The number of aromatic nitrogens is 2. The highest BCUT2D eigenvalue weighted by molar-refractivity contribution is 5.93. The van der Waals surface area contributed by atoms with E-state index in [1.807, 2.05) is 6.92 Å². The van der Waals surface area contributed by atoms with Crippen molar-refractivity contribution in [3.05, 3.63) is 11.4 Å². The van der Waals surface area contributed by atoms with Gasteiger partial charge in [0.1, 0.15) is 6.61 Å². The lowest BCUT2D eigenvalue weighted by Crippen LogP contribution is -2.16. The second-order valence-electron chi connectivity index (χ2n) is 3.63. The molecule has 0 radical (unpaired) electrons. The highest BCUT2D eigenvalue weighted by Crippen LogP contribution is 2.17. The number of rotatable bonds is 5. The van der Waals surface area contributed by atoms with Gasteiger partial charge < -0.3 is 15.2 Å². The first kappa shape index (κ1) is 14.0. The predicted molar refractivity (Wildman–Crippen MR) is 64.0 cm³/mol. The van der Waals surface area contributed by atoms with Gasteiger partial charge in [0.05, 0.1) is 24.9 Å². The maximum absolute atomic E-state index is 11.8. The molecule has 100 valence electrons. The second kappa shape index (κ2) is 6.04. The number of nitrogens with two attached hydrogens (primary N) is 1. The van der Waals surface area contributed by atoms with Crippen LogP contribution >= 0.6 is 0 Å². The zero-order chi connectivity index (χ0) is 13.7. The van der Waals surface area contributed by atoms with Gasteiger partial charge in [-0.3, -0.25) is 9.48 Å². The fourth-order valence-corrected chi connectivity index (χ4v) is 1.44. The molecular formula is C11H17N3O4. The molecule has 0 spiro atoms. The fraction of sp³-hybridized carbons (Fsp3) is 0.545. The van der Waals surface area contributed by atoms with E-state index in [0.29, 0.717) is 17.9 Å². The number of aryl methyl sites for hydroxylation is 2. The van der Waals surface area contributed by atoms with Gasteiger partial charge in [-0.2, -0.15) is 5.10 Å². The van der Waals surface area contributed by atoms with Crippen molar-refractivity contribution in [3.8, 4) is 0 Å². The van der Waals surface area contributed by atoms with Crippen LogP contribution in [0.15, 0.2) is 0 Å². The Labute approximate surface area is 105 Å². The minimum Gasteiger partial charge on any atom is -0.469 e. The van der Waals surface area contributed by atoms with E-state index in [0.717, 1.165) is 0 Å². The van der Waals surface area contributed by atoms with Crippen LogP contribution in [0.5, 0.6) is 0 Å². The smallest absolute Gasteiger partial charge is 0.358 e. The molecule has 2 N–H and O–H groups in total. The number of carbonyl (C=O) groups is 2. The summed E-state index contributed by atoms with van der Waals surface area (Å²) in [4.78, 5) is 22.7. The minimum absolute atomic E-state index is 0.0153. The molecule has 0 amide bonds. The number of nitrogen functional groups attached to an aromatic ring is 1. The van der Waals surface area contributed by atoms with Gasteiger partial charge in [-0.1, -0.05) is 0 Å². The van der Waals surface area contributed by atoms with Crippen molar-refractivity contribution in [3.63, 3.8) is 0 Å². The molecule has 18 heavy (non-hydrogen) atoms. The summed E-state index contributed by atoms with van der Waals surface area (Å²) in [5.41, 5.74) is 6.87. The summed E-state index contributed by atoms with van der Waals surface area (Å²) in [5.74, 6) is -1.02. The molecule has 1 aromatic heterocycles. The first-order valence-corrected chi connectivity index (χ1v) is 5.58. The zero-order valence-electron chi connectivity index (χ0n) is 10.7. The van der Waals surface area contributed by atoms with Gasteiger partial charge >= 0.3 is 11.9 Å². The standard InChI is InChI=1S/C11H17N3O4/c1-4-14-10(9(12)7(2)13-14)11(16)18-6-5-8(15)17-3/h4-6,12H2,1-3H3. The quantitative estimate of drug-likeness (QED) is 0.770. The maximum atomic E-state index is 11.8. The highest BCUT2D eigenvalue weighted by Gasteiger charge is 2.20. The van der Waals surface area contributed by atoms with E-state index in [-0.39, 0.29) is 18.7 Å². The molecule has 0 aliphatic carbocycles. The van der Waals surface area contributed by atoms with E-state index in [1.165, 1.54) is 11.8 Å². The van der Waals surface area contributed by atoms with Crippen molar-refractivity contribution in [2.75, 3.05) is 19.5 Å². The molecule has 0 saturated carbocycles. The summed E-state index contributed by atoms with van der Waals surface area (Å²) in [7, 11) is 1.28. The summed E-state index contributed by atoms with van der Waals surface area (Å²) in [6.07, 6.45) is 0.0153. The van der Waals surface area contributed by atoms with Gasteiger partial charge in [-0.05, 0) is 13.8 Å². The Kier molecular flexibility index (Phi) is 4.70. The summed E-state index contributed by atoms with van der Waals surface area (Å²) in [6, 6.07) is 0. The Bertz CT molecular complexity index is 453. The van der Waals surface area contributed by atoms with E-state index in [2.05, 4.69) is 9.84 Å². The van der Waals surface area contributed by atoms with Crippen LogP contribution in [0.2, 0.25) is 0 Å². The zero-order valence-corrected chi connectivity index (χ0v) is 10.7. The minimum atomic E-state index is -0.584. The van der Waals surface area contributed by atoms with Gasteiger partial charge in [0.2, 0.25) is 0 Å². The average Bonchev–Trinajstić information content (AvgIpc) is 2.64. The Hall–Kier alpha value is -2.05. The molecule has 0 aromatic carbocycles. The van der Waals surface area contributed by atoms with Crippen LogP contribution in [0.4, 0.5) is 5.69 Å². The van der Waals surface area contributed by atoms with Crippen LogP contribution in [0.25, 0.3) is 0 Å². The summed E-state index contributed by atoms with van der Waals surface area (Å²) >= 11 is 0. The van der Waals surface area contributed by atoms with Gasteiger partial charge in [-0.15, -0.1) is 0 Å². The SMILES string of the molecule is CCn1nc(C)c(N)c1C(=O)OCCC(=O)OC. The Morgan fingerprint density at radius 1 is 1.44 bits per heavy atom. The Balaban J connectivity index is 2.69. The molecule has 0 bridgehead atoms.